The van der Waals surface area contributed by atoms with Crippen molar-refractivity contribution in [2.24, 2.45) is 0 Å². The Balaban J connectivity index is -0.000000125. The maximum Gasteiger partial charge on any atom is 0.388 e. The van der Waals surface area contributed by atoms with Crippen LogP contribution in [0.15, 0.2) is 0 Å². The molecule has 0 saturated heterocycles. The van der Waals surface area contributed by atoms with E-state index in [0.29, 0.717) is 0 Å². The highest BCUT2D eigenvalue weighted by Gasteiger charge is 2.22. The molecule has 0 atom stereocenters. The Hall–Kier alpha value is -0.350. The van der Waals surface area contributed by atoms with E-state index >= 15 is 0 Å². The SMILES string of the molecule is CCC(F)(F)F.F.F. The van der Waals surface area contributed by atoms with Gasteiger partial charge >= 0.3 is 6.18 Å². The molecule has 0 rings (SSSR count). The van der Waals surface area contributed by atoms with Crippen molar-refractivity contribution in [1.29, 1.82) is 0 Å². The van der Waals surface area contributed by atoms with Gasteiger partial charge < -0.3 is 0 Å². The van der Waals surface area contributed by atoms with Crippen molar-refractivity contribution in [2.75, 3.05) is 0 Å². The number of hydrogen-bond acceptors (Lipinski definition) is 0. The second-order valence-electron chi connectivity index (χ2n) is 0.969. The molecule has 0 aliphatic rings. The molecule has 54 valence electrons. The molecule has 0 aromatic carbocycles. The summed E-state index contributed by atoms with van der Waals surface area (Å²) in [6.07, 6.45) is -4.69. The number of hydrogen-bond donors (Lipinski definition) is 0. The summed E-state index contributed by atoms with van der Waals surface area (Å²) >= 11 is 0. The average Bonchev–Trinajstić information content (AvgIpc) is 1.35. The van der Waals surface area contributed by atoms with Crippen molar-refractivity contribution in [3.8, 4) is 0 Å². The normalized spacial score (nSPS) is 9.00. The Morgan fingerprint density at radius 3 is 1.25 bits per heavy atom. The van der Waals surface area contributed by atoms with Crippen molar-refractivity contribution in [3.05, 3.63) is 0 Å². The Morgan fingerprint density at radius 1 is 1.12 bits per heavy atom. The summed E-state index contributed by atoms with van der Waals surface area (Å²) in [6.45, 7) is 1.08. The highest BCUT2D eigenvalue weighted by Crippen LogP contribution is 2.17. The zero-order valence-corrected chi connectivity index (χ0v) is 4.16. The highest BCUT2D eigenvalue weighted by atomic mass is 19.4. The first-order valence-corrected chi connectivity index (χ1v) is 1.63. The van der Waals surface area contributed by atoms with Gasteiger partial charge in [-0.3, -0.25) is 9.41 Å². The lowest BCUT2D eigenvalue weighted by molar-refractivity contribution is -0.130. The molecular formula is C3H7F5. The summed E-state index contributed by atoms with van der Waals surface area (Å²) in [5.74, 6) is 0. The fourth-order valence-corrected chi connectivity index (χ4v) is 0. The summed E-state index contributed by atoms with van der Waals surface area (Å²) < 4.78 is 32.4. The molecule has 0 aliphatic heterocycles. The summed E-state index contributed by atoms with van der Waals surface area (Å²) in [6, 6.07) is 0. The van der Waals surface area contributed by atoms with Gasteiger partial charge in [0.1, 0.15) is 0 Å². The van der Waals surface area contributed by atoms with E-state index in [1.54, 1.807) is 0 Å². The van der Waals surface area contributed by atoms with E-state index in [2.05, 4.69) is 0 Å². The molecule has 0 unspecified atom stereocenters. The molecule has 0 aromatic heterocycles. The zero-order valence-electron chi connectivity index (χ0n) is 4.16. The monoisotopic (exact) mass is 138 g/mol. The van der Waals surface area contributed by atoms with Crippen LogP contribution in [-0.2, 0) is 0 Å². The largest absolute Gasteiger partial charge is 0.388 e. The molecule has 0 bridgehead atoms. The molecule has 0 spiro atoms. The van der Waals surface area contributed by atoms with E-state index in [1.165, 1.54) is 0 Å². The van der Waals surface area contributed by atoms with Crippen LogP contribution in [0.1, 0.15) is 13.3 Å². The molecule has 0 N–H and O–H groups in total. The minimum atomic E-state index is -3.96. The van der Waals surface area contributed by atoms with Crippen molar-refractivity contribution in [2.45, 2.75) is 19.5 Å². The maximum atomic E-state index is 10.8. The lowest BCUT2D eigenvalue weighted by Crippen LogP contribution is -2.02. The van der Waals surface area contributed by atoms with E-state index in [-0.39, 0.29) is 9.41 Å². The standard InChI is InChI=1S/C3H5F3.2FH/c1-2-3(4,5)6;;/h2H2,1H3;2*1H. The first-order chi connectivity index (χ1) is 2.56. The predicted molar refractivity (Wildman–Crippen MR) is 21.4 cm³/mol. The summed E-state index contributed by atoms with van der Waals surface area (Å²) in [4.78, 5) is 0. The van der Waals surface area contributed by atoms with Crippen molar-refractivity contribution in [3.63, 3.8) is 0 Å². The molecule has 0 nitrogen and oxygen atoms in total. The third-order valence-electron chi connectivity index (χ3n) is 0.401. The van der Waals surface area contributed by atoms with E-state index in [0.717, 1.165) is 6.92 Å². The Kier molecular flexibility index (Phi) is 9.39. The van der Waals surface area contributed by atoms with Crippen LogP contribution in [0.25, 0.3) is 0 Å². The first-order valence-electron chi connectivity index (χ1n) is 1.63. The third kappa shape index (κ3) is 17.4. The topological polar surface area (TPSA) is 0 Å². The minimum Gasteiger partial charge on any atom is -0.269 e. The smallest absolute Gasteiger partial charge is 0.269 e. The van der Waals surface area contributed by atoms with Crippen LogP contribution in [0.3, 0.4) is 0 Å². The summed E-state index contributed by atoms with van der Waals surface area (Å²) in [5.41, 5.74) is 0. The zero-order chi connectivity index (χ0) is 5.21. The molecule has 8 heavy (non-hydrogen) atoms. The summed E-state index contributed by atoms with van der Waals surface area (Å²) in [5, 5.41) is 0. The van der Waals surface area contributed by atoms with Crippen LogP contribution in [0.4, 0.5) is 22.6 Å². The number of rotatable bonds is 0. The van der Waals surface area contributed by atoms with Gasteiger partial charge in [0.25, 0.3) is 0 Å². The fraction of sp³-hybridized carbons (Fsp3) is 1.00. The summed E-state index contributed by atoms with van der Waals surface area (Å²) in [7, 11) is 0. The van der Waals surface area contributed by atoms with Gasteiger partial charge in [0.2, 0.25) is 0 Å². The Morgan fingerprint density at radius 2 is 1.25 bits per heavy atom. The maximum absolute atomic E-state index is 10.8. The van der Waals surface area contributed by atoms with Crippen LogP contribution in [-0.4, -0.2) is 6.18 Å². The predicted octanol–water partition coefficient (Wildman–Crippen LogP) is 2.26. The molecule has 0 aliphatic carbocycles. The van der Waals surface area contributed by atoms with Gasteiger partial charge in [0, 0.05) is 6.42 Å². The van der Waals surface area contributed by atoms with Crippen LogP contribution in [0, 0.1) is 0 Å². The van der Waals surface area contributed by atoms with Gasteiger partial charge in [-0.15, -0.1) is 0 Å². The molecule has 0 fully saturated rings. The van der Waals surface area contributed by atoms with Gasteiger partial charge in [-0.2, -0.15) is 13.2 Å². The fourth-order valence-electron chi connectivity index (χ4n) is 0. The lowest BCUT2D eigenvalue weighted by atomic mass is 10.5. The Bertz CT molecular complexity index is 37.4. The second kappa shape index (κ2) is 4.80. The molecule has 0 amide bonds. The van der Waals surface area contributed by atoms with Crippen LogP contribution in [0.5, 0.6) is 0 Å². The van der Waals surface area contributed by atoms with Crippen molar-refractivity contribution < 1.29 is 22.6 Å². The van der Waals surface area contributed by atoms with E-state index < -0.39 is 12.6 Å². The molecule has 0 heterocycles. The van der Waals surface area contributed by atoms with Gasteiger partial charge in [0.15, 0.2) is 0 Å². The molecule has 0 saturated carbocycles. The molecule has 0 aromatic rings. The quantitative estimate of drug-likeness (QED) is 0.450. The van der Waals surface area contributed by atoms with E-state index in [1.807, 2.05) is 0 Å². The van der Waals surface area contributed by atoms with Crippen LogP contribution in [0.2, 0.25) is 0 Å². The third-order valence-corrected chi connectivity index (χ3v) is 0.401. The van der Waals surface area contributed by atoms with Crippen molar-refractivity contribution >= 4 is 0 Å². The lowest BCUT2D eigenvalue weighted by Gasteiger charge is -1.96. The molecule has 0 radical (unpaired) electrons. The van der Waals surface area contributed by atoms with Crippen molar-refractivity contribution in [1.82, 2.24) is 0 Å². The first kappa shape index (κ1) is 15.6. The molecule has 5 heteroatoms. The number of halogens is 5. The number of alkyl halides is 3. The van der Waals surface area contributed by atoms with Gasteiger partial charge in [-0.05, 0) is 0 Å². The average molecular weight is 138 g/mol. The van der Waals surface area contributed by atoms with Crippen LogP contribution >= 0.6 is 0 Å². The van der Waals surface area contributed by atoms with Gasteiger partial charge in [-0.1, -0.05) is 6.92 Å². The highest BCUT2D eigenvalue weighted by molar-refractivity contribution is 4.39. The minimum absolute atomic E-state index is 0. The van der Waals surface area contributed by atoms with Gasteiger partial charge in [0.05, 0.1) is 0 Å². The van der Waals surface area contributed by atoms with E-state index in [9.17, 15) is 13.2 Å². The van der Waals surface area contributed by atoms with Gasteiger partial charge in [-0.25, -0.2) is 0 Å². The molecular weight excluding hydrogens is 131 g/mol. The second-order valence-corrected chi connectivity index (χ2v) is 0.969. The Labute approximate surface area is 43.4 Å². The van der Waals surface area contributed by atoms with Crippen LogP contribution < -0.4 is 0 Å². The van der Waals surface area contributed by atoms with E-state index in [4.69, 9.17) is 0 Å².